The van der Waals surface area contributed by atoms with E-state index in [4.69, 9.17) is 0 Å². The molecular formula is C10H14N2O2. The number of hydrazone groups is 1. The van der Waals surface area contributed by atoms with Gasteiger partial charge < -0.3 is 0 Å². The van der Waals surface area contributed by atoms with Gasteiger partial charge in [-0.3, -0.25) is 15.0 Å². The second-order valence-corrected chi connectivity index (χ2v) is 3.97. The van der Waals surface area contributed by atoms with Crippen molar-refractivity contribution in [3.05, 3.63) is 11.8 Å². The molecular weight excluding hydrogens is 180 g/mol. The molecule has 0 aromatic rings. The average molecular weight is 194 g/mol. The van der Waals surface area contributed by atoms with Gasteiger partial charge in [0.05, 0.1) is 5.70 Å². The smallest absolute Gasteiger partial charge is 0.187 e. The summed E-state index contributed by atoms with van der Waals surface area (Å²) >= 11 is 0. The molecule has 0 aliphatic carbocycles. The number of rotatable bonds is 1. The van der Waals surface area contributed by atoms with E-state index in [2.05, 4.69) is 10.5 Å². The molecule has 0 fully saturated rings. The molecule has 1 aliphatic rings. The van der Waals surface area contributed by atoms with Crippen LogP contribution in [0.3, 0.4) is 0 Å². The van der Waals surface area contributed by atoms with Gasteiger partial charge in [0.2, 0.25) is 0 Å². The quantitative estimate of drug-likeness (QED) is 0.678. The molecule has 1 aliphatic heterocycles. The Labute approximate surface area is 83.1 Å². The summed E-state index contributed by atoms with van der Waals surface area (Å²) in [6, 6.07) is 0. The predicted molar refractivity (Wildman–Crippen MR) is 53.8 cm³/mol. The van der Waals surface area contributed by atoms with Crippen molar-refractivity contribution in [1.82, 2.24) is 5.43 Å². The van der Waals surface area contributed by atoms with Crippen LogP contribution in [-0.2, 0) is 9.59 Å². The van der Waals surface area contributed by atoms with Crippen LogP contribution in [0.2, 0.25) is 0 Å². The fourth-order valence-electron chi connectivity index (χ4n) is 1.30. The van der Waals surface area contributed by atoms with Crippen molar-refractivity contribution in [2.75, 3.05) is 0 Å². The summed E-state index contributed by atoms with van der Waals surface area (Å²) < 4.78 is 0. The molecule has 0 aromatic carbocycles. The lowest BCUT2D eigenvalue weighted by Gasteiger charge is -2.16. The van der Waals surface area contributed by atoms with Gasteiger partial charge in [0.15, 0.2) is 11.6 Å². The third-order valence-electron chi connectivity index (χ3n) is 2.14. The van der Waals surface area contributed by atoms with Crippen LogP contribution in [-0.4, -0.2) is 17.3 Å². The van der Waals surface area contributed by atoms with Gasteiger partial charge >= 0.3 is 0 Å². The summed E-state index contributed by atoms with van der Waals surface area (Å²) in [6.07, 6.45) is 1.62. The van der Waals surface area contributed by atoms with Crippen LogP contribution in [0.25, 0.3) is 0 Å². The number of carbonyl (C=O) groups is 2. The second-order valence-electron chi connectivity index (χ2n) is 3.97. The highest BCUT2D eigenvalue weighted by atomic mass is 16.1. The zero-order valence-corrected chi connectivity index (χ0v) is 8.84. The SMILES string of the molecule is CC(=O)C1=CC(C)(C)C(=O)C(C)=NN1. The molecule has 0 saturated carbocycles. The molecule has 0 spiro atoms. The largest absolute Gasteiger partial charge is 0.293 e. The van der Waals surface area contributed by atoms with E-state index in [1.807, 2.05) is 0 Å². The summed E-state index contributed by atoms with van der Waals surface area (Å²) in [5.41, 5.74) is 2.69. The number of Topliss-reactive ketones (excluding diaryl/α,β-unsaturated/α-hetero) is 2. The van der Waals surface area contributed by atoms with Crippen molar-refractivity contribution in [3.8, 4) is 0 Å². The number of ketones is 2. The maximum Gasteiger partial charge on any atom is 0.187 e. The standard InChI is InChI=1S/C10H14N2O2/c1-6-9(14)10(3,4)5-8(7(2)13)12-11-6/h5,12H,1-4H3. The van der Waals surface area contributed by atoms with Gasteiger partial charge in [0.25, 0.3) is 0 Å². The van der Waals surface area contributed by atoms with E-state index in [1.54, 1.807) is 26.8 Å². The van der Waals surface area contributed by atoms with Gasteiger partial charge in [-0.2, -0.15) is 5.10 Å². The average Bonchev–Trinajstić information content (AvgIpc) is 2.17. The highest BCUT2D eigenvalue weighted by Gasteiger charge is 2.30. The van der Waals surface area contributed by atoms with E-state index in [0.717, 1.165) is 0 Å². The Hall–Kier alpha value is -1.45. The summed E-state index contributed by atoms with van der Waals surface area (Å²) in [7, 11) is 0. The number of nitrogens with zero attached hydrogens (tertiary/aromatic N) is 1. The van der Waals surface area contributed by atoms with Crippen molar-refractivity contribution in [2.45, 2.75) is 27.7 Å². The minimum Gasteiger partial charge on any atom is -0.293 e. The second kappa shape index (κ2) is 3.36. The van der Waals surface area contributed by atoms with E-state index >= 15 is 0 Å². The predicted octanol–water partition coefficient (Wildman–Crippen LogP) is 1.03. The fraction of sp³-hybridized carbons (Fsp3) is 0.500. The molecule has 4 nitrogen and oxygen atoms in total. The van der Waals surface area contributed by atoms with Crippen LogP contribution < -0.4 is 5.43 Å². The first kappa shape index (κ1) is 10.6. The summed E-state index contributed by atoms with van der Waals surface area (Å²) in [5.74, 6) is -0.189. The van der Waals surface area contributed by atoms with Crippen LogP contribution in [0, 0.1) is 5.41 Å². The van der Waals surface area contributed by atoms with Gasteiger partial charge in [0.1, 0.15) is 5.71 Å². The Kier molecular flexibility index (Phi) is 2.55. The highest BCUT2D eigenvalue weighted by molar-refractivity contribution is 6.41. The molecule has 0 amide bonds. The number of allylic oxidation sites excluding steroid dienone is 2. The molecule has 0 radical (unpaired) electrons. The molecule has 0 unspecified atom stereocenters. The number of hydrogen-bond donors (Lipinski definition) is 1. The van der Waals surface area contributed by atoms with E-state index in [1.165, 1.54) is 6.92 Å². The summed E-state index contributed by atoms with van der Waals surface area (Å²) in [6.45, 7) is 6.61. The van der Waals surface area contributed by atoms with Crippen molar-refractivity contribution in [3.63, 3.8) is 0 Å². The molecule has 1 heterocycles. The molecule has 76 valence electrons. The number of carbonyl (C=O) groups excluding carboxylic acids is 2. The summed E-state index contributed by atoms with van der Waals surface area (Å²) in [5, 5.41) is 3.83. The maximum atomic E-state index is 11.7. The molecule has 1 N–H and O–H groups in total. The third-order valence-corrected chi connectivity index (χ3v) is 2.14. The zero-order chi connectivity index (χ0) is 10.9. The minimum atomic E-state index is -0.669. The van der Waals surface area contributed by atoms with E-state index < -0.39 is 5.41 Å². The van der Waals surface area contributed by atoms with Crippen LogP contribution >= 0.6 is 0 Å². The Balaban J connectivity index is 3.18. The topological polar surface area (TPSA) is 58.5 Å². The monoisotopic (exact) mass is 194 g/mol. The van der Waals surface area contributed by atoms with Crippen LogP contribution in [0.5, 0.6) is 0 Å². The first-order valence-electron chi connectivity index (χ1n) is 4.43. The molecule has 0 atom stereocenters. The molecule has 0 bridgehead atoms. The van der Waals surface area contributed by atoms with E-state index in [-0.39, 0.29) is 11.6 Å². The third kappa shape index (κ3) is 1.89. The number of hydrogen-bond acceptors (Lipinski definition) is 4. The van der Waals surface area contributed by atoms with Crippen LogP contribution in [0.15, 0.2) is 16.9 Å². The molecule has 0 saturated heterocycles. The van der Waals surface area contributed by atoms with E-state index in [0.29, 0.717) is 11.4 Å². The molecule has 14 heavy (non-hydrogen) atoms. The van der Waals surface area contributed by atoms with Crippen molar-refractivity contribution in [2.24, 2.45) is 10.5 Å². The van der Waals surface area contributed by atoms with Gasteiger partial charge in [-0.05, 0) is 26.8 Å². The van der Waals surface area contributed by atoms with Crippen molar-refractivity contribution >= 4 is 17.3 Å². The first-order chi connectivity index (χ1) is 6.34. The minimum absolute atomic E-state index is 0.0683. The lowest BCUT2D eigenvalue weighted by Crippen LogP contribution is -2.27. The Morgan fingerprint density at radius 1 is 1.50 bits per heavy atom. The van der Waals surface area contributed by atoms with E-state index in [9.17, 15) is 9.59 Å². The van der Waals surface area contributed by atoms with Gasteiger partial charge in [-0.15, -0.1) is 0 Å². The van der Waals surface area contributed by atoms with Crippen molar-refractivity contribution in [1.29, 1.82) is 0 Å². The van der Waals surface area contributed by atoms with Gasteiger partial charge in [-0.25, -0.2) is 0 Å². The van der Waals surface area contributed by atoms with Crippen LogP contribution in [0.4, 0.5) is 0 Å². The zero-order valence-electron chi connectivity index (χ0n) is 8.84. The number of nitrogens with one attached hydrogen (secondary N) is 1. The normalized spacial score (nSPS) is 20.4. The Morgan fingerprint density at radius 2 is 2.07 bits per heavy atom. The molecule has 1 rings (SSSR count). The Morgan fingerprint density at radius 3 is 2.57 bits per heavy atom. The molecule has 0 aromatic heterocycles. The highest BCUT2D eigenvalue weighted by Crippen LogP contribution is 2.23. The fourth-order valence-corrected chi connectivity index (χ4v) is 1.30. The maximum absolute atomic E-state index is 11.7. The lowest BCUT2D eigenvalue weighted by atomic mass is 9.85. The van der Waals surface area contributed by atoms with Gasteiger partial charge in [0, 0.05) is 12.3 Å². The summed E-state index contributed by atoms with van der Waals surface area (Å²) in [4.78, 5) is 22.8. The lowest BCUT2D eigenvalue weighted by molar-refractivity contribution is -0.118. The Bertz CT molecular complexity index is 351. The first-order valence-corrected chi connectivity index (χ1v) is 4.43. The van der Waals surface area contributed by atoms with Crippen molar-refractivity contribution < 1.29 is 9.59 Å². The van der Waals surface area contributed by atoms with Gasteiger partial charge in [-0.1, -0.05) is 0 Å². The van der Waals surface area contributed by atoms with Crippen LogP contribution in [0.1, 0.15) is 27.7 Å². The molecule has 4 heteroatoms.